The maximum Gasteiger partial charge on any atom is 0.319 e. The number of urea groups is 1. The Morgan fingerprint density at radius 1 is 1.18 bits per heavy atom. The molecule has 0 saturated carbocycles. The molecule has 1 heterocycles. The smallest absolute Gasteiger partial charge is 0.319 e. The van der Waals surface area contributed by atoms with Gasteiger partial charge < -0.3 is 26.4 Å². The highest BCUT2D eigenvalue weighted by Gasteiger charge is 2.15. The van der Waals surface area contributed by atoms with Gasteiger partial charge in [-0.15, -0.1) is 0 Å². The summed E-state index contributed by atoms with van der Waals surface area (Å²) in [5, 5.41) is 21.1. The molecule has 152 valence electrons. The summed E-state index contributed by atoms with van der Waals surface area (Å²) in [5.41, 5.74) is -0.171. The molecule has 1 aromatic heterocycles. The van der Waals surface area contributed by atoms with Gasteiger partial charge in [-0.1, -0.05) is 6.07 Å². The molecule has 0 unspecified atom stereocenters. The van der Waals surface area contributed by atoms with Gasteiger partial charge in [-0.25, -0.2) is 14.2 Å². The SMILES string of the molecule is CC(C)(O)CNc1nc(Nc2cccc(NC(=O)NC(C)(C)C)c2)ncc1F. The highest BCUT2D eigenvalue weighted by atomic mass is 19.1. The summed E-state index contributed by atoms with van der Waals surface area (Å²) in [6, 6.07) is 6.66. The Labute approximate surface area is 164 Å². The molecule has 0 spiro atoms. The molecule has 0 atom stereocenters. The second kappa shape index (κ2) is 8.39. The Morgan fingerprint density at radius 2 is 1.86 bits per heavy atom. The molecule has 0 aliphatic heterocycles. The molecule has 2 aromatic rings. The largest absolute Gasteiger partial charge is 0.389 e. The predicted octanol–water partition coefficient (Wildman–Crippen LogP) is 3.46. The number of rotatable bonds is 6. The van der Waals surface area contributed by atoms with Crippen molar-refractivity contribution in [2.24, 2.45) is 0 Å². The van der Waals surface area contributed by atoms with Crippen LogP contribution in [0.3, 0.4) is 0 Å². The fraction of sp³-hybridized carbons (Fsp3) is 0.421. The summed E-state index contributed by atoms with van der Waals surface area (Å²) in [6.07, 6.45) is 1.04. The van der Waals surface area contributed by atoms with Gasteiger partial charge in [0.15, 0.2) is 11.6 Å². The molecule has 2 rings (SSSR count). The van der Waals surface area contributed by atoms with Crippen LogP contribution in [0.1, 0.15) is 34.6 Å². The van der Waals surface area contributed by atoms with Gasteiger partial charge in [0.25, 0.3) is 0 Å². The normalized spacial score (nSPS) is 11.7. The number of carbonyl (C=O) groups is 1. The quantitative estimate of drug-likeness (QED) is 0.517. The molecule has 2 amide bonds. The third-order valence-corrected chi connectivity index (χ3v) is 3.30. The molecule has 28 heavy (non-hydrogen) atoms. The first kappa shape index (κ1) is 21.4. The molecule has 0 saturated heterocycles. The van der Waals surface area contributed by atoms with E-state index in [9.17, 15) is 14.3 Å². The van der Waals surface area contributed by atoms with Crippen LogP contribution >= 0.6 is 0 Å². The van der Waals surface area contributed by atoms with Crippen molar-refractivity contribution in [3.63, 3.8) is 0 Å². The number of aliphatic hydroxyl groups is 1. The molecular weight excluding hydrogens is 363 g/mol. The Morgan fingerprint density at radius 3 is 2.50 bits per heavy atom. The molecular formula is C19H27FN6O2. The van der Waals surface area contributed by atoms with E-state index in [-0.39, 0.29) is 29.9 Å². The summed E-state index contributed by atoms with van der Waals surface area (Å²) in [5.74, 6) is -0.460. The second-order valence-electron chi connectivity index (χ2n) is 8.09. The number of benzene rings is 1. The van der Waals surface area contributed by atoms with Crippen molar-refractivity contribution in [2.45, 2.75) is 45.8 Å². The van der Waals surface area contributed by atoms with Crippen LogP contribution < -0.4 is 21.3 Å². The number of halogens is 1. The summed E-state index contributed by atoms with van der Waals surface area (Å²) in [4.78, 5) is 20.0. The van der Waals surface area contributed by atoms with E-state index in [0.29, 0.717) is 11.4 Å². The fourth-order valence-corrected chi connectivity index (χ4v) is 2.16. The van der Waals surface area contributed by atoms with E-state index in [1.807, 2.05) is 20.8 Å². The van der Waals surface area contributed by atoms with Crippen LogP contribution in [0.4, 0.5) is 32.3 Å². The second-order valence-corrected chi connectivity index (χ2v) is 8.09. The van der Waals surface area contributed by atoms with Crippen molar-refractivity contribution in [1.82, 2.24) is 15.3 Å². The summed E-state index contributed by atoms with van der Waals surface area (Å²) in [7, 11) is 0. The zero-order valence-corrected chi connectivity index (χ0v) is 16.7. The molecule has 0 aliphatic rings. The number of anilines is 4. The van der Waals surface area contributed by atoms with E-state index in [0.717, 1.165) is 6.20 Å². The molecule has 9 heteroatoms. The lowest BCUT2D eigenvalue weighted by atomic mass is 10.1. The Bertz CT molecular complexity index is 830. The van der Waals surface area contributed by atoms with E-state index in [2.05, 4.69) is 31.2 Å². The van der Waals surface area contributed by atoms with E-state index < -0.39 is 11.4 Å². The first-order valence-corrected chi connectivity index (χ1v) is 8.86. The maximum absolute atomic E-state index is 13.9. The average molecular weight is 390 g/mol. The van der Waals surface area contributed by atoms with E-state index in [4.69, 9.17) is 0 Å². The molecule has 0 radical (unpaired) electrons. The molecule has 0 bridgehead atoms. The van der Waals surface area contributed by atoms with Gasteiger partial charge in [-0.05, 0) is 52.8 Å². The van der Waals surface area contributed by atoms with Crippen LogP contribution in [0.2, 0.25) is 0 Å². The molecule has 8 nitrogen and oxygen atoms in total. The van der Waals surface area contributed by atoms with Crippen LogP contribution in [0.25, 0.3) is 0 Å². The highest BCUT2D eigenvalue weighted by Crippen LogP contribution is 2.20. The highest BCUT2D eigenvalue weighted by molar-refractivity contribution is 5.90. The number of aromatic nitrogens is 2. The average Bonchev–Trinajstić information content (AvgIpc) is 2.53. The minimum absolute atomic E-state index is 0.0153. The first-order chi connectivity index (χ1) is 12.9. The van der Waals surface area contributed by atoms with Gasteiger partial charge in [0.05, 0.1) is 11.8 Å². The summed E-state index contributed by atoms with van der Waals surface area (Å²) < 4.78 is 13.9. The topological polar surface area (TPSA) is 111 Å². The van der Waals surface area contributed by atoms with Gasteiger partial charge >= 0.3 is 6.03 Å². The van der Waals surface area contributed by atoms with Crippen molar-refractivity contribution < 1.29 is 14.3 Å². The minimum atomic E-state index is -1.02. The van der Waals surface area contributed by atoms with Crippen molar-refractivity contribution in [2.75, 3.05) is 22.5 Å². The number of nitrogens with zero attached hydrogens (tertiary/aromatic N) is 2. The van der Waals surface area contributed by atoms with Crippen LogP contribution in [0, 0.1) is 5.82 Å². The number of amides is 2. The minimum Gasteiger partial charge on any atom is -0.389 e. The Hall–Kier alpha value is -2.94. The van der Waals surface area contributed by atoms with Crippen molar-refractivity contribution in [3.8, 4) is 0 Å². The van der Waals surface area contributed by atoms with E-state index in [1.54, 1.807) is 38.1 Å². The van der Waals surface area contributed by atoms with Crippen molar-refractivity contribution in [1.29, 1.82) is 0 Å². The predicted molar refractivity (Wildman–Crippen MR) is 108 cm³/mol. The molecule has 0 aliphatic carbocycles. The van der Waals surface area contributed by atoms with Gasteiger partial charge in [0.2, 0.25) is 5.95 Å². The number of nitrogens with one attached hydrogen (secondary N) is 4. The maximum atomic E-state index is 13.9. The van der Waals surface area contributed by atoms with Gasteiger partial charge in [0.1, 0.15) is 0 Å². The Balaban J connectivity index is 2.08. The standard InChI is InChI=1S/C19H27FN6O2/c1-18(2,3)26-17(27)24-13-8-6-7-12(9-13)23-16-21-10-14(20)15(25-16)22-11-19(4,5)28/h6-10,28H,11H2,1-5H3,(H2,24,26,27)(H2,21,22,23,25). The van der Waals surface area contributed by atoms with Gasteiger partial charge in [-0.3, -0.25) is 0 Å². The van der Waals surface area contributed by atoms with E-state index in [1.165, 1.54) is 0 Å². The van der Waals surface area contributed by atoms with Crippen LogP contribution in [0.5, 0.6) is 0 Å². The molecule has 1 aromatic carbocycles. The van der Waals surface area contributed by atoms with Crippen molar-refractivity contribution >= 4 is 29.2 Å². The first-order valence-electron chi connectivity index (χ1n) is 8.86. The zero-order valence-electron chi connectivity index (χ0n) is 16.7. The monoisotopic (exact) mass is 390 g/mol. The fourth-order valence-electron chi connectivity index (χ4n) is 2.16. The van der Waals surface area contributed by atoms with Crippen LogP contribution in [-0.4, -0.2) is 38.8 Å². The third kappa shape index (κ3) is 7.36. The molecule has 5 N–H and O–H groups in total. The van der Waals surface area contributed by atoms with E-state index >= 15 is 0 Å². The molecule has 0 fully saturated rings. The van der Waals surface area contributed by atoms with Crippen LogP contribution in [-0.2, 0) is 0 Å². The lowest BCUT2D eigenvalue weighted by molar-refractivity contribution is 0.0943. The van der Waals surface area contributed by atoms with Crippen molar-refractivity contribution in [3.05, 3.63) is 36.3 Å². The summed E-state index contributed by atoms with van der Waals surface area (Å²) >= 11 is 0. The van der Waals surface area contributed by atoms with Crippen LogP contribution in [0.15, 0.2) is 30.5 Å². The third-order valence-electron chi connectivity index (χ3n) is 3.30. The van der Waals surface area contributed by atoms with Gasteiger partial charge in [0, 0.05) is 23.5 Å². The Kier molecular flexibility index (Phi) is 6.40. The zero-order chi connectivity index (χ0) is 20.9. The van der Waals surface area contributed by atoms with Gasteiger partial charge in [-0.2, -0.15) is 4.98 Å². The number of hydrogen-bond acceptors (Lipinski definition) is 6. The lowest BCUT2D eigenvalue weighted by Crippen LogP contribution is -2.43. The number of carbonyl (C=O) groups excluding carboxylic acids is 1. The summed E-state index contributed by atoms with van der Waals surface area (Å²) in [6.45, 7) is 9.00. The lowest BCUT2D eigenvalue weighted by Gasteiger charge is -2.21. The number of hydrogen-bond donors (Lipinski definition) is 5.